The first kappa shape index (κ1) is 12.6. The monoisotopic (exact) mass is 237 g/mol. The van der Waals surface area contributed by atoms with Gasteiger partial charge in [0.05, 0.1) is 5.41 Å². The van der Waals surface area contributed by atoms with E-state index in [4.69, 9.17) is 4.74 Å². The second kappa shape index (κ2) is 4.45. The predicted molar refractivity (Wildman–Crippen MR) is 67.7 cm³/mol. The van der Waals surface area contributed by atoms with Crippen molar-refractivity contribution in [2.75, 3.05) is 13.1 Å². The molecule has 2 aliphatic rings. The summed E-state index contributed by atoms with van der Waals surface area (Å²) in [5, 5.41) is 3.29. The number of carbonyl (C=O) groups excluding carboxylic acids is 1. The lowest BCUT2D eigenvalue weighted by molar-refractivity contribution is -0.170. The number of rotatable bonds is 2. The molecule has 17 heavy (non-hydrogen) atoms. The summed E-state index contributed by atoms with van der Waals surface area (Å²) in [5.74, 6) is -0.00981. The lowest BCUT2D eigenvalue weighted by Gasteiger charge is -2.44. The van der Waals surface area contributed by atoms with Gasteiger partial charge in [-0.25, -0.2) is 0 Å². The first-order valence-corrected chi connectivity index (χ1v) is 6.58. The van der Waals surface area contributed by atoms with E-state index in [1.807, 2.05) is 20.8 Å². The van der Waals surface area contributed by atoms with Gasteiger partial charge in [-0.2, -0.15) is 0 Å². The van der Waals surface area contributed by atoms with Crippen molar-refractivity contribution in [1.82, 2.24) is 5.32 Å². The molecule has 0 unspecified atom stereocenters. The van der Waals surface area contributed by atoms with Crippen LogP contribution in [0.25, 0.3) is 0 Å². The van der Waals surface area contributed by atoms with E-state index in [2.05, 4.69) is 11.4 Å². The second-order valence-corrected chi connectivity index (χ2v) is 6.12. The minimum atomic E-state index is -0.382. The molecule has 0 spiro atoms. The van der Waals surface area contributed by atoms with Gasteiger partial charge in [0.15, 0.2) is 0 Å². The largest absolute Gasteiger partial charge is 0.459 e. The van der Waals surface area contributed by atoms with Crippen molar-refractivity contribution in [2.45, 2.75) is 52.1 Å². The Bertz CT molecular complexity index is 335. The Balaban J connectivity index is 2.14. The molecule has 0 amide bonds. The average molecular weight is 237 g/mol. The molecule has 1 aliphatic heterocycles. The molecule has 0 saturated heterocycles. The van der Waals surface area contributed by atoms with Crippen molar-refractivity contribution in [3.63, 3.8) is 0 Å². The number of esters is 1. The summed E-state index contributed by atoms with van der Waals surface area (Å²) in [4.78, 5) is 12.4. The van der Waals surface area contributed by atoms with Crippen LogP contribution in [-0.2, 0) is 9.53 Å². The third kappa shape index (κ3) is 2.54. The Morgan fingerprint density at radius 2 is 2.12 bits per heavy atom. The first-order chi connectivity index (χ1) is 7.94. The zero-order valence-electron chi connectivity index (χ0n) is 11.1. The van der Waals surface area contributed by atoms with E-state index in [1.54, 1.807) is 0 Å². The van der Waals surface area contributed by atoms with Crippen LogP contribution in [0, 0.1) is 5.41 Å². The Labute approximate surface area is 104 Å². The molecular weight excluding hydrogens is 214 g/mol. The summed E-state index contributed by atoms with van der Waals surface area (Å²) in [7, 11) is 0. The fourth-order valence-corrected chi connectivity index (χ4v) is 2.62. The highest BCUT2D eigenvalue weighted by Gasteiger charge is 2.49. The molecule has 0 atom stereocenters. The van der Waals surface area contributed by atoms with E-state index in [-0.39, 0.29) is 17.0 Å². The van der Waals surface area contributed by atoms with Gasteiger partial charge < -0.3 is 10.1 Å². The standard InChI is InChI=1S/C14H23NO2/c1-13(2,3)17-12(16)14(7-4-8-14)11-5-9-15-10-6-11/h5,15H,4,6-10H2,1-3H3. The molecule has 0 aromatic carbocycles. The highest BCUT2D eigenvalue weighted by molar-refractivity contribution is 5.82. The molecule has 1 heterocycles. The van der Waals surface area contributed by atoms with E-state index >= 15 is 0 Å². The Morgan fingerprint density at radius 3 is 2.53 bits per heavy atom. The number of carbonyl (C=O) groups is 1. The zero-order chi connectivity index (χ0) is 12.5. The first-order valence-electron chi connectivity index (χ1n) is 6.58. The molecule has 2 rings (SSSR count). The SMILES string of the molecule is CC(C)(C)OC(=O)C1(C2=CCNCC2)CCC1. The summed E-state index contributed by atoms with van der Waals surface area (Å²) < 4.78 is 5.60. The maximum Gasteiger partial charge on any atom is 0.316 e. The molecule has 1 saturated carbocycles. The van der Waals surface area contributed by atoms with Crippen LogP contribution in [-0.4, -0.2) is 24.7 Å². The summed E-state index contributed by atoms with van der Waals surface area (Å²) in [6, 6.07) is 0. The minimum Gasteiger partial charge on any atom is -0.459 e. The summed E-state index contributed by atoms with van der Waals surface area (Å²) in [6.07, 6.45) is 6.25. The number of ether oxygens (including phenoxy) is 1. The van der Waals surface area contributed by atoms with E-state index < -0.39 is 0 Å². The lowest BCUT2D eigenvalue weighted by atomic mass is 9.62. The van der Waals surface area contributed by atoms with Gasteiger partial charge in [-0.1, -0.05) is 18.1 Å². The third-order valence-corrected chi connectivity index (χ3v) is 3.68. The maximum absolute atomic E-state index is 12.4. The van der Waals surface area contributed by atoms with Crippen molar-refractivity contribution >= 4 is 5.97 Å². The minimum absolute atomic E-state index is 0.00981. The molecule has 1 N–H and O–H groups in total. The Kier molecular flexibility index (Phi) is 3.30. The zero-order valence-corrected chi connectivity index (χ0v) is 11.1. The molecule has 1 aliphatic carbocycles. The summed E-state index contributed by atoms with van der Waals surface area (Å²) >= 11 is 0. The molecular formula is C14H23NO2. The average Bonchev–Trinajstić information content (AvgIpc) is 2.14. The third-order valence-electron chi connectivity index (χ3n) is 3.68. The molecule has 1 fully saturated rings. The van der Waals surface area contributed by atoms with Gasteiger partial charge in [-0.3, -0.25) is 4.79 Å². The number of nitrogens with one attached hydrogen (secondary N) is 1. The number of hydrogen-bond donors (Lipinski definition) is 1. The maximum atomic E-state index is 12.4. The van der Waals surface area contributed by atoms with Gasteiger partial charge in [0.25, 0.3) is 0 Å². The summed E-state index contributed by atoms with van der Waals surface area (Å²) in [5.41, 5.74) is 0.638. The van der Waals surface area contributed by atoms with E-state index in [0.717, 1.165) is 38.8 Å². The fourth-order valence-electron chi connectivity index (χ4n) is 2.62. The van der Waals surface area contributed by atoms with Gasteiger partial charge in [-0.05, 0) is 46.6 Å². The molecule has 0 bridgehead atoms. The quantitative estimate of drug-likeness (QED) is 0.592. The fraction of sp³-hybridized carbons (Fsp3) is 0.786. The topological polar surface area (TPSA) is 38.3 Å². The van der Waals surface area contributed by atoms with Crippen LogP contribution in [0.3, 0.4) is 0 Å². The molecule has 3 heteroatoms. The van der Waals surface area contributed by atoms with Gasteiger partial charge >= 0.3 is 5.97 Å². The molecule has 0 aromatic rings. The Hall–Kier alpha value is -0.830. The van der Waals surface area contributed by atoms with E-state index in [0.29, 0.717) is 0 Å². The molecule has 0 aromatic heterocycles. The Morgan fingerprint density at radius 1 is 1.41 bits per heavy atom. The van der Waals surface area contributed by atoms with E-state index in [1.165, 1.54) is 5.57 Å². The van der Waals surface area contributed by atoms with Crippen molar-refractivity contribution < 1.29 is 9.53 Å². The van der Waals surface area contributed by atoms with Crippen molar-refractivity contribution in [3.8, 4) is 0 Å². The van der Waals surface area contributed by atoms with Crippen LogP contribution < -0.4 is 5.32 Å². The smallest absolute Gasteiger partial charge is 0.316 e. The van der Waals surface area contributed by atoms with Gasteiger partial charge in [0.1, 0.15) is 5.60 Å². The van der Waals surface area contributed by atoms with Crippen LogP contribution >= 0.6 is 0 Å². The summed E-state index contributed by atoms with van der Waals surface area (Å²) in [6.45, 7) is 7.69. The van der Waals surface area contributed by atoms with E-state index in [9.17, 15) is 4.79 Å². The van der Waals surface area contributed by atoms with Gasteiger partial charge in [0.2, 0.25) is 0 Å². The van der Waals surface area contributed by atoms with Crippen LogP contribution in [0.2, 0.25) is 0 Å². The molecule has 0 radical (unpaired) electrons. The van der Waals surface area contributed by atoms with Crippen LogP contribution in [0.4, 0.5) is 0 Å². The van der Waals surface area contributed by atoms with Crippen molar-refractivity contribution in [2.24, 2.45) is 5.41 Å². The normalized spacial score (nSPS) is 23.6. The van der Waals surface area contributed by atoms with Crippen LogP contribution in [0.5, 0.6) is 0 Å². The van der Waals surface area contributed by atoms with Crippen molar-refractivity contribution in [3.05, 3.63) is 11.6 Å². The second-order valence-electron chi connectivity index (χ2n) is 6.12. The molecule has 96 valence electrons. The predicted octanol–water partition coefficient (Wildman–Crippen LogP) is 2.42. The lowest BCUT2D eigenvalue weighted by Crippen LogP contribution is -2.45. The van der Waals surface area contributed by atoms with Crippen LogP contribution in [0.1, 0.15) is 46.5 Å². The van der Waals surface area contributed by atoms with Gasteiger partial charge in [-0.15, -0.1) is 0 Å². The highest BCUT2D eigenvalue weighted by atomic mass is 16.6. The van der Waals surface area contributed by atoms with Gasteiger partial charge in [0, 0.05) is 6.54 Å². The van der Waals surface area contributed by atoms with Crippen LogP contribution in [0.15, 0.2) is 11.6 Å². The number of hydrogen-bond acceptors (Lipinski definition) is 3. The molecule has 3 nitrogen and oxygen atoms in total. The highest BCUT2D eigenvalue weighted by Crippen LogP contribution is 2.50. The van der Waals surface area contributed by atoms with Crippen molar-refractivity contribution in [1.29, 1.82) is 0 Å².